The molecule has 2 aliphatic rings. The predicted octanol–water partition coefficient (Wildman–Crippen LogP) is 2.84. The van der Waals surface area contributed by atoms with E-state index < -0.39 is 30.3 Å². The number of hydrogen-bond donors (Lipinski definition) is 3. The topological polar surface area (TPSA) is 95.1 Å². The second-order valence-electron chi connectivity index (χ2n) is 6.69. The van der Waals surface area contributed by atoms with Crippen LogP contribution in [0.25, 0.3) is 0 Å². The molecule has 1 aromatic rings. The van der Waals surface area contributed by atoms with Crippen molar-refractivity contribution in [1.29, 1.82) is 5.41 Å². The maximum absolute atomic E-state index is 13.4. The highest BCUT2D eigenvalue weighted by molar-refractivity contribution is 6.30. The molecule has 0 aliphatic carbocycles. The fourth-order valence-electron chi connectivity index (χ4n) is 3.54. The van der Waals surface area contributed by atoms with Crippen LogP contribution in [0.4, 0.5) is 19.0 Å². The Labute approximate surface area is 159 Å². The van der Waals surface area contributed by atoms with Crippen LogP contribution in [-0.4, -0.2) is 36.0 Å². The Kier molecular flexibility index (Phi) is 5.32. The van der Waals surface area contributed by atoms with Gasteiger partial charge in [-0.1, -0.05) is 11.6 Å². The summed E-state index contributed by atoms with van der Waals surface area (Å²) in [6, 6.07) is 3.52. The number of alkyl halides is 3. The standard InChI is InChI=1S/C17H19ClF3N5O/c18-10-1-2-12(24-8-10)26-5-3-9(4-6-26)15(22)14-11(17(19,20)21)7-13(27)25-16(14)23/h1-2,8-9,11H,3-7,22H2,(H2,23,25,27). The number of nitrogens with one attached hydrogen (secondary N) is 2. The van der Waals surface area contributed by atoms with Crippen molar-refractivity contribution in [2.45, 2.75) is 25.4 Å². The molecule has 4 N–H and O–H groups in total. The van der Waals surface area contributed by atoms with Gasteiger partial charge in [-0.3, -0.25) is 10.2 Å². The van der Waals surface area contributed by atoms with Gasteiger partial charge in [0.25, 0.3) is 0 Å². The molecule has 0 saturated carbocycles. The Morgan fingerprint density at radius 1 is 1.33 bits per heavy atom. The van der Waals surface area contributed by atoms with Crippen molar-refractivity contribution in [2.24, 2.45) is 17.6 Å². The molecule has 27 heavy (non-hydrogen) atoms. The van der Waals surface area contributed by atoms with E-state index >= 15 is 0 Å². The molecule has 10 heteroatoms. The summed E-state index contributed by atoms with van der Waals surface area (Å²) in [4.78, 5) is 17.7. The molecule has 1 unspecified atom stereocenters. The van der Waals surface area contributed by atoms with Crippen LogP contribution in [0.5, 0.6) is 0 Å². The lowest BCUT2D eigenvalue weighted by Crippen LogP contribution is -2.47. The van der Waals surface area contributed by atoms with Gasteiger partial charge in [0, 0.05) is 42.9 Å². The lowest BCUT2D eigenvalue weighted by molar-refractivity contribution is -0.169. The number of anilines is 1. The first-order valence-corrected chi connectivity index (χ1v) is 8.86. The molecular weight excluding hydrogens is 383 g/mol. The third kappa shape index (κ3) is 4.18. The van der Waals surface area contributed by atoms with E-state index in [0.29, 0.717) is 31.0 Å². The zero-order valence-corrected chi connectivity index (χ0v) is 15.1. The van der Waals surface area contributed by atoms with E-state index in [1.807, 2.05) is 4.90 Å². The zero-order chi connectivity index (χ0) is 19.8. The van der Waals surface area contributed by atoms with E-state index in [4.69, 9.17) is 22.7 Å². The summed E-state index contributed by atoms with van der Waals surface area (Å²) in [6.45, 7) is 1.15. The Bertz CT molecular complexity index is 770. The fourth-order valence-corrected chi connectivity index (χ4v) is 3.65. The van der Waals surface area contributed by atoms with Crippen LogP contribution < -0.4 is 16.0 Å². The molecule has 2 aliphatic heterocycles. The number of halogens is 4. The van der Waals surface area contributed by atoms with Crippen molar-refractivity contribution in [2.75, 3.05) is 18.0 Å². The molecule has 2 saturated heterocycles. The number of nitrogens with zero attached hydrogens (tertiary/aromatic N) is 2. The summed E-state index contributed by atoms with van der Waals surface area (Å²) < 4.78 is 40.2. The van der Waals surface area contributed by atoms with E-state index in [-0.39, 0.29) is 17.2 Å². The number of allylic oxidation sites excluding steroid dienone is 1. The van der Waals surface area contributed by atoms with Gasteiger partial charge >= 0.3 is 6.18 Å². The highest BCUT2D eigenvalue weighted by Gasteiger charge is 2.48. The van der Waals surface area contributed by atoms with E-state index in [1.54, 1.807) is 18.3 Å². The first-order chi connectivity index (χ1) is 12.7. The Balaban J connectivity index is 1.78. The summed E-state index contributed by atoms with van der Waals surface area (Å²) >= 11 is 5.83. The van der Waals surface area contributed by atoms with E-state index in [1.165, 1.54) is 0 Å². The summed E-state index contributed by atoms with van der Waals surface area (Å²) in [5.41, 5.74) is 5.83. The van der Waals surface area contributed by atoms with Gasteiger partial charge in [-0.15, -0.1) is 0 Å². The summed E-state index contributed by atoms with van der Waals surface area (Å²) in [5, 5.41) is 10.5. The molecule has 1 atom stereocenters. The van der Waals surface area contributed by atoms with Crippen LogP contribution in [-0.2, 0) is 4.79 Å². The lowest BCUT2D eigenvalue weighted by Gasteiger charge is -2.36. The third-order valence-corrected chi connectivity index (χ3v) is 5.17. The van der Waals surface area contributed by atoms with Gasteiger partial charge in [0.1, 0.15) is 11.7 Å². The number of hydrogen-bond acceptors (Lipinski definition) is 5. The molecule has 0 aromatic carbocycles. The van der Waals surface area contributed by atoms with E-state index in [2.05, 4.69) is 10.3 Å². The highest BCUT2D eigenvalue weighted by atomic mass is 35.5. The molecule has 146 valence electrons. The number of rotatable bonds is 2. The number of amides is 1. The predicted molar refractivity (Wildman–Crippen MR) is 95.4 cm³/mol. The van der Waals surface area contributed by atoms with Gasteiger partial charge in [-0.25, -0.2) is 4.98 Å². The van der Waals surface area contributed by atoms with E-state index in [0.717, 1.165) is 5.82 Å². The number of pyridine rings is 1. The SMILES string of the molecule is N=C1NC(=O)CC(C(F)(F)F)C1=C(N)C1CCN(c2ccc(Cl)cn2)CC1. The third-order valence-electron chi connectivity index (χ3n) is 4.95. The molecule has 0 radical (unpaired) electrons. The summed E-state index contributed by atoms with van der Waals surface area (Å²) in [6.07, 6.45) is -2.76. The number of piperidine rings is 2. The largest absolute Gasteiger partial charge is 0.401 e. The maximum Gasteiger partial charge on any atom is 0.396 e. The van der Waals surface area contributed by atoms with Crippen molar-refractivity contribution in [3.05, 3.63) is 34.6 Å². The second kappa shape index (κ2) is 7.38. The molecule has 1 amide bonds. The highest BCUT2D eigenvalue weighted by Crippen LogP contribution is 2.39. The van der Waals surface area contributed by atoms with Crippen LogP contribution in [0.2, 0.25) is 5.02 Å². The smallest absolute Gasteiger partial charge is 0.396 e. The molecule has 0 bridgehead atoms. The van der Waals surface area contributed by atoms with E-state index in [9.17, 15) is 18.0 Å². The minimum atomic E-state index is -4.63. The molecule has 3 heterocycles. The first kappa shape index (κ1) is 19.5. The number of amidine groups is 1. The Hall–Kier alpha value is -2.29. The molecule has 3 rings (SSSR count). The summed E-state index contributed by atoms with van der Waals surface area (Å²) in [7, 11) is 0. The first-order valence-electron chi connectivity index (χ1n) is 8.48. The Morgan fingerprint density at radius 2 is 2.00 bits per heavy atom. The van der Waals surface area contributed by atoms with Gasteiger partial charge in [-0.2, -0.15) is 13.2 Å². The van der Waals surface area contributed by atoms with Crippen molar-refractivity contribution in [3.63, 3.8) is 0 Å². The van der Waals surface area contributed by atoms with Crippen molar-refractivity contribution >= 4 is 29.2 Å². The van der Waals surface area contributed by atoms with Gasteiger partial charge in [0.2, 0.25) is 5.91 Å². The number of nitrogens with two attached hydrogens (primary N) is 1. The van der Waals surface area contributed by atoms with Crippen molar-refractivity contribution < 1.29 is 18.0 Å². The van der Waals surface area contributed by atoms with Gasteiger partial charge in [0.15, 0.2) is 0 Å². The van der Waals surface area contributed by atoms with Crippen LogP contribution in [0.15, 0.2) is 29.6 Å². The zero-order valence-electron chi connectivity index (χ0n) is 14.3. The maximum atomic E-state index is 13.4. The molecular formula is C17H19ClF3N5O. The summed E-state index contributed by atoms with van der Waals surface area (Å²) in [5.74, 6) is -2.94. The molecule has 1 aromatic heterocycles. The minimum absolute atomic E-state index is 0.0473. The normalized spacial score (nSPS) is 24.0. The van der Waals surface area contributed by atoms with Crippen molar-refractivity contribution in [1.82, 2.24) is 10.3 Å². The minimum Gasteiger partial charge on any atom is -0.401 e. The van der Waals surface area contributed by atoms with Crippen LogP contribution >= 0.6 is 11.6 Å². The lowest BCUT2D eigenvalue weighted by atomic mass is 9.82. The van der Waals surface area contributed by atoms with Gasteiger partial charge in [-0.05, 0) is 25.0 Å². The van der Waals surface area contributed by atoms with Crippen LogP contribution in [0.1, 0.15) is 19.3 Å². The molecule has 0 spiro atoms. The van der Waals surface area contributed by atoms with Crippen LogP contribution in [0, 0.1) is 17.2 Å². The molecule has 6 nitrogen and oxygen atoms in total. The second-order valence-corrected chi connectivity index (χ2v) is 7.12. The molecule has 2 fully saturated rings. The monoisotopic (exact) mass is 401 g/mol. The average Bonchev–Trinajstić information content (AvgIpc) is 2.61. The van der Waals surface area contributed by atoms with Gasteiger partial charge < -0.3 is 16.0 Å². The van der Waals surface area contributed by atoms with Crippen LogP contribution in [0.3, 0.4) is 0 Å². The van der Waals surface area contributed by atoms with Gasteiger partial charge in [0.05, 0.1) is 10.9 Å². The number of aromatic nitrogens is 1. The Morgan fingerprint density at radius 3 is 2.56 bits per heavy atom. The van der Waals surface area contributed by atoms with Crippen molar-refractivity contribution in [3.8, 4) is 0 Å². The fraction of sp³-hybridized carbons (Fsp3) is 0.471. The average molecular weight is 402 g/mol. The quantitative estimate of drug-likeness (QED) is 0.710. The number of carbonyl (C=O) groups excluding carboxylic acids is 1. The number of carbonyl (C=O) groups is 1.